The number of amidine groups is 1. The van der Waals surface area contributed by atoms with Gasteiger partial charge in [-0.3, -0.25) is 5.41 Å². The van der Waals surface area contributed by atoms with E-state index in [1.807, 2.05) is 12.1 Å². The van der Waals surface area contributed by atoms with Gasteiger partial charge in [0.15, 0.2) is 0 Å². The summed E-state index contributed by atoms with van der Waals surface area (Å²) < 4.78 is 0. The van der Waals surface area contributed by atoms with Crippen LogP contribution in [0, 0.1) is 16.7 Å². The van der Waals surface area contributed by atoms with Crippen molar-refractivity contribution in [3.05, 3.63) is 29.8 Å². The number of nitrogens with two attached hydrogens (primary N) is 1. The fraction of sp³-hybridized carbons (Fsp3) is 0.588. The lowest BCUT2D eigenvalue weighted by Crippen LogP contribution is -2.26. The van der Waals surface area contributed by atoms with Crippen molar-refractivity contribution >= 4 is 11.5 Å². The Balaban J connectivity index is 2.05. The fourth-order valence-electron chi connectivity index (χ4n) is 3.07. The number of nitrogen functional groups attached to an aromatic ring is 1. The van der Waals surface area contributed by atoms with Crippen LogP contribution in [-0.4, -0.2) is 18.9 Å². The number of benzene rings is 1. The summed E-state index contributed by atoms with van der Waals surface area (Å²) in [5.41, 5.74) is 7.97. The molecule has 1 heterocycles. The van der Waals surface area contributed by atoms with Gasteiger partial charge in [0.1, 0.15) is 5.84 Å². The zero-order valence-corrected chi connectivity index (χ0v) is 12.9. The lowest BCUT2D eigenvalue weighted by molar-refractivity contribution is 0.220. The summed E-state index contributed by atoms with van der Waals surface area (Å²) in [6, 6.07) is 8.08. The predicted octanol–water partition coefficient (Wildman–Crippen LogP) is 3.62. The zero-order valence-electron chi connectivity index (χ0n) is 12.9. The molecule has 1 saturated heterocycles. The van der Waals surface area contributed by atoms with Crippen molar-refractivity contribution < 1.29 is 0 Å². The maximum absolute atomic E-state index is 7.44. The smallest absolute Gasteiger partial charge is 0.122 e. The minimum Gasteiger partial charge on any atom is -0.384 e. The van der Waals surface area contributed by atoms with Crippen LogP contribution in [0.25, 0.3) is 0 Å². The highest BCUT2D eigenvalue weighted by atomic mass is 15.1. The van der Waals surface area contributed by atoms with Crippen molar-refractivity contribution in [2.45, 2.75) is 40.0 Å². The number of nitrogens with one attached hydrogen (secondary N) is 1. The van der Waals surface area contributed by atoms with Crippen molar-refractivity contribution in [1.82, 2.24) is 0 Å². The molecule has 1 unspecified atom stereocenters. The third-order valence-electron chi connectivity index (χ3n) is 4.50. The lowest BCUT2D eigenvalue weighted by atomic mass is 9.77. The lowest BCUT2D eigenvalue weighted by Gasteiger charge is -2.30. The summed E-state index contributed by atoms with van der Waals surface area (Å²) >= 11 is 0. The molecular formula is C17H27N3. The van der Waals surface area contributed by atoms with Crippen molar-refractivity contribution in [2.75, 3.05) is 18.0 Å². The summed E-state index contributed by atoms with van der Waals surface area (Å²) in [7, 11) is 0. The Bertz CT molecular complexity index is 456. The third kappa shape index (κ3) is 3.53. The van der Waals surface area contributed by atoms with E-state index in [4.69, 9.17) is 11.1 Å². The first-order chi connectivity index (χ1) is 9.38. The quantitative estimate of drug-likeness (QED) is 0.638. The second-order valence-corrected chi connectivity index (χ2v) is 6.94. The van der Waals surface area contributed by atoms with E-state index in [9.17, 15) is 0 Å². The molecule has 0 spiro atoms. The molecule has 0 amide bonds. The second-order valence-electron chi connectivity index (χ2n) is 6.94. The summed E-state index contributed by atoms with van der Waals surface area (Å²) in [6.07, 6.45) is 3.85. The Morgan fingerprint density at radius 2 is 1.80 bits per heavy atom. The van der Waals surface area contributed by atoms with Crippen LogP contribution >= 0.6 is 0 Å². The highest BCUT2D eigenvalue weighted by Gasteiger charge is 2.27. The maximum Gasteiger partial charge on any atom is 0.122 e. The van der Waals surface area contributed by atoms with Crippen LogP contribution in [0.5, 0.6) is 0 Å². The predicted molar refractivity (Wildman–Crippen MR) is 86.5 cm³/mol. The average molecular weight is 273 g/mol. The van der Waals surface area contributed by atoms with Gasteiger partial charge >= 0.3 is 0 Å². The molecule has 1 aromatic carbocycles. The molecule has 0 aliphatic carbocycles. The van der Waals surface area contributed by atoms with Crippen LogP contribution in [0.1, 0.15) is 45.6 Å². The average Bonchev–Trinajstić information content (AvgIpc) is 2.64. The normalized spacial score (nSPS) is 20.6. The number of rotatable bonds is 2. The summed E-state index contributed by atoms with van der Waals surface area (Å²) in [5, 5.41) is 7.44. The Morgan fingerprint density at radius 1 is 1.15 bits per heavy atom. The Morgan fingerprint density at radius 3 is 2.35 bits per heavy atom. The Kier molecular flexibility index (Phi) is 4.36. The van der Waals surface area contributed by atoms with E-state index in [1.54, 1.807) is 0 Å². The van der Waals surface area contributed by atoms with Crippen molar-refractivity contribution in [2.24, 2.45) is 17.1 Å². The molecule has 0 bridgehead atoms. The van der Waals surface area contributed by atoms with Crippen molar-refractivity contribution in [3.63, 3.8) is 0 Å². The summed E-state index contributed by atoms with van der Waals surface area (Å²) in [5.74, 6) is 0.948. The van der Waals surface area contributed by atoms with Gasteiger partial charge in [-0.2, -0.15) is 0 Å². The van der Waals surface area contributed by atoms with Gasteiger partial charge < -0.3 is 10.6 Å². The third-order valence-corrected chi connectivity index (χ3v) is 4.50. The zero-order chi connectivity index (χ0) is 14.8. The molecule has 110 valence electrons. The molecule has 2 rings (SSSR count). The number of hydrogen-bond donors (Lipinski definition) is 2. The molecule has 1 atom stereocenters. The maximum atomic E-state index is 7.44. The largest absolute Gasteiger partial charge is 0.384 e. The van der Waals surface area contributed by atoms with Gasteiger partial charge in [0.05, 0.1) is 0 Å². The number of hydrogen-bond acceptors (Lipinski definition) is 2. The molecule has 1 fully saturated rings. The topological polar surface area (TPSA) is 53.1 Å². The Labute approximate surface area is 122 Å². The molecule has 0 radical (unpaired) electrons. The second kappa shape index (κ2) is 5.86. The van der Waals surface area contributed by atoms with Gasteiger partial charge in [-0.05, 0) is 54.9 Å². The minimum atomic E-state index is 0.139. The van der Waals surface area contributed by atoms with Crippen molar-refractivity contribution in [1.29, 1.82) is 5.41 Å². The van der Waals surface area contributed by atoms with E-state index in [-0.39, 0.29) is 5.84 Å². The highest BCUT2D eigenvalue weighted by molar-refractivity contribution is 5.95. The first-order valence-electron chi connectivity index (χ1n) is 7.57. The van der Waals surface area contributed by atoms with Gasteiger partial charge in [0.25, 0.3) is 0 Å². The molecule has 0 saturated carbocycles. The van der Waals surface area contributed by atoms with Crippen molar-refractivity contribution in [3.8, 4) is 0 Å². The number of nitrogens with zero attached hydrogens (tertiary/aromatic N) is 1. The van der Waals surface area contributed by atoms with Crippen LogP contribution in [-0.2, 0) is 0 Å². The molecule has 20 heavy (non-hydrogen) atoms. The monoisotopic (exact) mass is 273 g/mol. The molecule has 3 N–H and O–H groups in total. The molecule has 1 aliphatic heterocycles. The molecule has 1 aliphatic rings. The van der Waals surface area contributed by atoms with Gasteiger partial charge in [-0.15, -0.1) is 0 Å². The van der Waals surface area contributed by atoms with Gasteiger partial charge in [0, 0.05) is 24.3 Å². The first kappa shape index (κ1) is 14.9. The van der Waals surface area contributed by atoms with E-state index in [0.29, 0.717) is 5.41 Å². The van der Waals surface area contributed by atoms with E-state index < -0.39 is 0 Å². The van der Waals surface area contributed by atoms with Crippen LogP contribution in [0.2, 0.25) is 0 Å². The van der Waals surface area contributed by atoms with Gasteiger partial charge in [0.2, 0.25) is 0 Å². The van der Waals surface area contributed by atoms with E-state index in [2.05, 4.69) is 37.8 Å². The Hall–Kier alpha value is -1.51. The SMILES string of the molecule is CC(C)(C)C1CCCN(c2ccc(C(=N)N)cc2)CC1. The van der Waals surface area contributed by atoms with Crippen LogP contribution < -0.4 is 10.6 Å². The highest BCUT2D eigenvalue weighted by Crippen LogP contribution is 2.35. The number of anilines is 1. The first-order valence-corrected chi connectivity index (χ1v) is 7.57. The minimum absolute atomic E-state index is 0.139. The summed E-state index contributed by atoms with van der Waals surface area (Å²) in [4.78, 5) is 2.47. The molecule has 3 heteroatoms. The summed E-state index contributed by atoms with van der Waals surface area (Å²) in [6.45, 7) is 9.33. The molecular weight excluding hydrogens is 246 g/mol. The standard InChI is InChI=1S/C17H27N3/c1-17(2,3)14-5-4-11-20(12-10-14)15-8-6-13(7-9-15)16(18)19/h6-9,14H,4-5,10-12H2,1-3H3,(H3,18,19). The van der Waals surface area contributed by atoms with E-state index in [0.717, 1.165) is 24.6 Å². The van der Waals surface area contributed by atoms with Crippen LogP contribution in [0.4, 0.5) is 5.69 Å². The van der Waals surface area contributed by atoms with Crippen LogP contribution in [0.15, 0.2) is 24.3 Å². The van der Waals surface area contributed by atoms with Gasteiger partial charge in [-0.1, -0.05) is 20.8 Å². The fourth-order valence-corrected chi connectivity index (χ4v) is 3.07. The van der Waals surface area contributed by atoms with Crippen LogP contribution in [0.3, 0.4) is 0 Å². The molecule has 3 nitrogen and oxygen atoms in total. The van der Waals surface area contributed by atoms with E-state index in [1.165, 1.54) is 24.9 Å². The molecule has 0 aromatic heterocycles. The van der Waals surface area contributed by atoms with E-state index >= 15 is 0 Å². The van der Waals surface area contributed by atoms with Gasteiger partial charge in [-0.25, -0.2) is 0 Å². The molecule has 1 aromatic rings.